The van der Waals surface area contributed by atoms with E-state index in [4.69, 9.17) is 0 Å². The molecule has 15 heavy (non-hydrogen) atoms. The van der Waals surface area contributed by atoms with E-state index >= 15 is 0 Å². The van der Waals surface area contributed by atoms with E-state index in [1.165, 1.54) is 5.56 Å². The molecule has 0 amide bonds. The zero-order valence-corrected chi connectivity index (χ0v) is 9.24. The van der Waals surface area contributed by atoms with Crippen LogP contribution in [0.15, 0.2) is 18.2 Å². The first-order valence-electron chi connectivity index (χ1n) is 5.06. The summed E-state index contributed by atoms with van der Waals surface area (Å²) in [5, 5.41) is 22.5. The highest BCUT2D eigenvalue weighted by Crippen LogP contribution is 2.27. The molecule has 0 radical (unpaired) electrons. The molecule has 0 saturated carbocycles. The summed E-state index contributed by atoms with van der Waals surface area (Å²) in [4.78, 5) is 0. The second-order valence-corrected chi connectivity index (χ2v) is 4.15. The van der Waals surface area contributed by atoms with E-state index in [0.29, 0.717) is 0 Å². The van der Waals surface area contributed by atoms with Gasteiger partial charge in [-0.2, -0.15) is 12.6 Å². The second-order valence-electron chi connectivity index (χ2n) is 3.79. The summed E-state index contributed by atoms with van der Waals surface area (Å²) in [5.74, 6) is 0.260. The molecule has 0 spiro atoms. The summed E-state index contributed by atoms with van der Waals surface area (Å²) in [5.41, 5.74) is 3.10. The van der Waals surface area contributed by atoms with Gasteiger partial charge in [0.05, 0.1) is 6.10 Å². The average Bonchev–Trinajstić information content (AvgIpc) is 2.73. The Kier molecular flexibility index (Phi) is 3.19. The molecule has 2 unspecified atom stereocenters. The van der Waals surface area contributed by atoms with E-state index in [9.17, 15) is 10.2 Å². The lowest BCUT2D eigenvalue weighted by molar-refractivity contribution is 0.0337. The average molecular weight is 225 g/mol. The number of aliphatic hydroxyl groups excluding tert-OH is 2. The predicted octanol–water partition coefficient (Wildman–Crippen LogP) is 0.979. The maximum Gasteiger partial charge on any atom is 0.106 e. The van der Waals surface area contributed by atoms with Crippen LogP contribution in [0, 0.1) is 0 Å². The van der Waals surface area contributed by atoms with Crippen molar-refractivity contribution in [3.05, 3.63) is 29.3 Å². The molecule has 3 N–H and O–H groups in total. The predicted molar refractivity (Wildman–Crippen MR) is 63.5 cm³/mol. The molecule has 2 rings (SSSR count). The normalized spacial score (nSPS) is 18.1. The van der Waals surface area contributed by atoms with Crippen LogP contribution >= 0.6 is 12.6 Å². The fourth-order valence-corrected chi connectivity index (χ4v) is 2.03. The molecule has 0 aliphatic carbocycles. The third kappa shape index (κ3) is 2.12. The Balaban J connectivity index is 2.22. The van der Waals surface area contributed by atoms with Gasteiger partial charge in [0, 0.05) is 18.0 Å². The van der Waals surface area contributed by atoms with Crippen molar-refractivity contribution in [3.8, 4) is 0 Å². The van der Waals surface area contributed by atoms with Gasteiger partial charge in [-0.05, 0) is 23.6 Å². The highest BCUT2D eigenvalue weighted by molar-refractivity contribution is 7.80. The molecular formula is C11H15NO2S. The SMILES string of the molecule is OC(CS)C(O)c1ccc2c(c1)CCN2. The Morgan fingerprint density at radius 3 is 2.93 bits per heavy atom. The van der Waals surface area contributed by atoms with Crippen molar-refractivity contribution in [2.75, 3.05) is 17.6 Å². The third-order valence-electron chi connectivity index (χ3n) is 2.73. The fraction of sp³-hybridized carbons (Fsp3) is 0.455. The van der Waals surface area contributed by atoms with E-state index in [1.54, 1.807) is 0 Å². The molecule has 82 valence electrons. The Hall–Kier alpha value is -0.710. The van der Waals surface area contributed by atoms with Gasteiger partial charge in [-0.25, -0.2) is 0 Å². The lowest BCUT2D eigenvalue weighted by Gasteiger charge is -2.16. The number of nitrogens with one attached hydrogen (secondary N) is 1. The van der Waals surface area contributed by atoms with Gasteiger partial charge in [0.1, 0.15) is 6.10 Å². The quantitative estimate of drug-likeness (QED) is 0.580. The standard InChI is InChI=1S/C11H15NO2S/c13-10(6-15)11(14)8-1-2-9-7(5-8)3-4-12-9/h1-2,5,10-15H,3-4,6H2. The summed E-state index contributed by atoms with van der Waals surface area (Å²) in [6.45, 7) is 0.948. The van der Waals surface area contributed by atoms with Gasteiger partial charge in [0.15, 0.2) is 0 Å². The van der Waals surface area contributed by atoms with Crippen molar-refractivity contribution < 1.29 is 10.2 Å². The molecule has 0 bridgehead atoms. The monoisotopic (exact) mass is 225 g/mol. The molecule has 1 aliphatic heterocycles. The van der Waals surface area contributed by atoms with Crippen molar-refractivity contribution >= 4 is 18.3 Å². The molecule has 1 aromatic rings. The third-order valence-corrected chi connectivity index (χ3v) is 3.11. The van der Waals surface area contributed by atoms with E-state index < -0.39 is 12.2 Å². The summed E-state index contributed by atoms with van der Waals surface area (Å²) in [6, 6.07) is 5.74. The molecule has 0 saturated heterocycles. The number of thiol groups is 1. The maximum absolute atomic E-state index is 9.80. The minimum atomic E-state index is -0.839. The van der Waals surface area contributed by atoms with E-state index in [2.05, 4.69) is 17.9 Å². The largest absolute Gasteiger partial charge is 0.389 e. The number of rotatable bonds is 3. The molecule has 3 nitrogen and oxygen atoms in total. The lowest BCUT2D eigenvalue weighted by Crippen LogP contribution is -2.19. The summed E-state index contributed by atoms with van der Waals surface area (Å²) < 4.78 is 0. The first kappa shape index (κ1) is 10.8. The van der Waals surface area contributed by atoms with Gasteiger partial charge in [-0.3, -0.25) is 0 Å². The van der Waals surface area contributed by atoms with Gasteiger partial charge in [0.25, 0.3) is 0 Å². The van der Waals surface area contributed by atoms with Crippen LogP contribution in [0.25, 0.3) is 0 Å². The molecule has 1 heterocycles. The Morgan fingerprint density at radius 2 is 2.20 bits per heavy atom. The first-order chi connectivity index (χ1) is 7.22. The van der Waals surface area contributed by atoms with Crippen LogP contribution in [0.5, 0.6) is 0 Å². The van der Waals surface area contributed by atoms with Crippen LogP contribution in [0.1, 0.15) is 17.2 Å². The van der Waals surface area contributed by atoms with Crippen LogP contribution < -0.4 is 5.32 Å². The van der Waals surface area contributed by atoms with Crippen molar-refractivity contribution in [1.29, 1.82) is 0 Å². The topological polar surface area (TPSA) is 52.5 Å². The van der Waals surface area contributed by atoms with E-state index in [0.717, 1.165) is 24.2 Å². The summed E-state index contributed by atoms with van der Waals surface area (Å²) in [7, 11) is 0. The van der Waals surface area contributed by atoms with Gasteiger partial charge in [-0.15, -0.1) is 0 Å². The van der Waals surface area contributed by atoms with E-state index in [1.807, 2.05) is 18.2 Å². The second kappa shape index (κ2) is 4.43. The number of benzene rings is 1. The first-order valence-corrected chi connectivity index (χ1v) is 5.69. The Morgan fingerprint density at radius 1 is 1.40 bits per heavy atom. The van der Waals surface area contributed by atoms with Crippen molar-refractivity contribution in [2.24, 2.45) is 0 Å². The number of aliphatic hydroxyl groups is 2. The highest BCUT2D eigenvalue weighted by atomic mass is 32.1. The number of hydrogen-bond donors (Lipinski definition) is 4. The summed E-state index contributed by atoms with van der Waals surface area (Å²) in [6.07, 6.45) is -0.665. The minimum Gasteiger partial charge on any atom is -0.389 e. The van der Waals surface area contributed by atoms with E-state index in [-0.39, 0.29) is 5.75 Å². The molecular weight excluding hydrogens is 210 g/mol. The van der Waals surface area contributed by atoms with Crippen molar-refractivity contribution in [2.45, 2.75) is 18.6 Å². The van der Waals surface area contributed by atoms with Crippen molar-refractivity contribution in [3.63, 3.8) is 0 Å². The number of anilines is 1. The van der Waals surface area contributed by atoms with Crippen LogP contribution in [-0.2, 0) is 6.42 Å². The molecule has 2 atom stereocenters. The zero-order chi connectivity index (χ0) is 10.8. The summed E-state index contributed by atoms with van der Waals surface area (Å²) >= 11 is 3.96. The lowest BCUT2D eigenvalue weighted by atomic mass is 10.0. The van der Waals surface area contributed by atoms with Gasteiger partial charge < -0.3 is 15.5 Å². The van der Waals surface area contributed by atoms with Crippen LogP contribution in [0.2, 0.25) is 0 Å². The van der Waals surface area contributed by atoms with Crippen LogP contribution in [-0.4, -0.2) is 28.6 Å². The molecule has 1 aromatic carbocycles. The molecule has 0 aromatic heterocycles. The highest BCUT2D eigenvalue weighted by Gasteiger charge is 2.19. The molecule has 1 aliphatic rings. The molecule has 4 heteroatoms. The minimum absolute atomic E-state index is 0.260. The number of hydrogen-bond acceptors (Lipinski definition) is 4. The molecule has 0 fully saturated rings. The smallest absolute Gasteiger partial charge is 0.106 e. The number of fused-ring (bicyclic) bond motifs is 1. The van der Waals surface area contributed by atoms with Gasteiger partial charge in [0.2, 0.25) is 0 Å². The van der Waals surface area contributed by atoms with Gasteiger partial charge >= 0.3 is 0 Å². The Bertz CT molecular complexity index is 356. The fourth-order valence-electron chi connectivity index (χ4n) is 1.83. The van der Waals surface area contributed by atoms with Crippen LogP contribution in [0.3, 0.4) is 0 Å². The zero-order valence-electron chi connectivity index (χ0n) is 8.35. The Labute approximate surface area is 94.5 Å². The van der Waals surface area contributed by atoms with Crippen LogP contribution in [0.4, 0.5) is 5.69 Å². The van der Waals surface area contributed by atoms with Gasteiger partial charge in [-0.1, -0.05) is 12.1 Å². The maximum atomic E-state index is 9.80. The van der Waals surface area contributed by atoms with Crippen molar-refractivity contribution in [1.82, 2.24) is 0 Å².